The maximum atomic E-state index is 14.2. The molecule has 0 aliphatic heterocycles. The molecule has 0 aliphatic rings. The van der Waals surface area contributed by atoms with Crippen molar-refractivity contribution in [1.29, 1.82) is 0 Å². The van der Waals surface area contributed by atoms with Crippen LogP contribution in [0.5, 0.6) is 0 Å². The van der Waals surface area contributed by atoms with Crippen molar-refractivity contribution in [2.24, 2.45) is 5.41 Å². The van der Waals surface area contributed by atoms with Crippen LogP contribution in [0.25, 0.3) is 10.9 Å². The van der Waals surface area contributed by atoms with Crippen molar-refractivity contribution < 1.29 is 22.1 Å². The maximum Gasteiger partial charge on any atom is 0.412 e. The highest BCUT2D eigenvalue weighted by Crippen LogP contribution is 2.40. The third kappa shape index (κ3) is 5.21. The van der Waals surface area contributed by atoms with Crippen LogP contribution in [0.2, 0.25) is 0 Å². The van der Waals surface area contributed by atoms with E-state index in [0.717, 1.165) is 6.07 Å². The van der Waals surface area contributed by atoms with Gasteiger partial charge in [-0.3, -0.25) is 0 Å². The Morgan fingerprint density at radius 3 is 2.14 bits per heavy atom. The van der Waals surface area contributed by atoms with E-state index in [0.29, 0.717) is 17.6 Å². The molecule has 0 saturated heterocycles. The summed E-state index contributed by atoms with van der Waals surface area (Å²) >= 11 is -1.95. The fourth-order valence-electron chi connectivity index (χ4n) is 2.90. The van der Waals surface area contributed by atoms with Crippen LogP contribution < -0.4 is 4.72 Å². The van der Waals surface area contributed by atoms with Crippen LogP contribution in [0.1, 0.15) is 58.7 Å². The molecule has 3 nitrogen and oxygen atoms in total. The van der Waals surface area contributed by atoms with Crippen molar-refractivity contribution >= 4 is 22.3 Å². The minimum absolute atomic E-state index is 0.122. The Kier molecular flexibility index (Phi) is 6.20. The highest BCUT2D eigenvalue weighted by molar-refractivity contribution is 7.90. The Morgan fingerprint density at radius 2 is 1.68 bits per heavy atom. The zero-order chi connectivity index (χ0) is 21.7. The van der Waals surface area contributed by atoms with Gasteiger partial charge in [0.1, 0.15) is 10.6 Å². The molecular weight excluding hydrogens is 392 g/mol. The molecular formula is C20H28F4N2OS. The zero-order valence-electron chi connectivity index (χ0n) is 17.3. The molecule has 0 saturated carbocycles. The maximum absolute atomic E-state index is 14.2. The summed E-state index contributed by atoms with van der Waals surface area (Å²) in [7, 11) is 0. The molecule has 1 heterocycles. The number of alkyl halides is 3. The van der Waals surface area contributed by atoms with Crippen molar-refractivity contribution in [3.63, 3.8) is 0 Å². The summed E-state index contributed by atoms with van der Waals surface area (Å²) in [6.45, 7) is 12.7. The summed E-state index contributed by atoms with van der Waals surface area (Å²) in [6, 6.07) is 0.534. The predicted octanol–water partition coefficient (Wildman–Crippen LogP) is 5.79. The van der Waals surface area contributed by atoms with E-state index in [9.17, 15) is 22.1 Å². The molecule has 1 aromatic heterocycles. The van der Waals surface area contributed by atoms with Crippen molar-refractivity contribution in [2.75, 3.05) is 0 Å². The van der Waals surface area contributed by atoms with Gasteiger partial charge in [0.25, 0.3) is 0 Å². The van der Waals surface area contributed by atoms with Crippen LogP contribution >= 0.6 is 0 Å². The number of fused-ring (bicyclic) bond motifs is 1. The van der Waals surface area contributed by atoms with Crippen LogP contribution in [0.3, 0.4) is 0 Å². The Labute approximate surface area is 166 Å². The lowest BCUT2D eigenvalue weighted by Crippen LogP contribution is -2.45. The Bertz CT molecular complexity index is 847. The Balaban J connectivity index is 2.69. The molecule has 2 atom stereocenters. The lowest BCUT2D eigenvalue weighted by atomic mass is 9.97. The second-order valence-corrected chi connectivity index (χ2v) is 11.4. The van der Waals surface area contributed by atoms with Gasteiger partial charge in [0.2, 0.25) is 0 Å². The zero-order valence-corrected chi connectivity index (χ0v) is 18.1. The van der Waals surface area contributed by atoms with E-state index in [4.69, 9.17) is 0 Å². The average molecular weight is 421 g/mol. The first-order valence-corrected chi connectivity index (χ1v) is 10.2. The number of aryl methyl sites for hydroxylation is 1. The molecule has 0 amide bonds. The second-order valence-electron chi connectivity index (χ2n) is 9.37. The quantitative estimate of drug-likeness (QED) is 0.502. The fraction of sp³-hybridized carbons (Fsp3) is 0.600. The molecule has 0 radical (unpaired) electrons. The van der Waals surface area contributed by atoms with Crippen LogP contribution in [-0.4, -0.2) is 20.0 Å². The van der Waals surface area contributed by atoms with E-state index >= 15 is 0 Å². The molecule has 158 valence electrons. The smallest absolute Gasteiger partial charge is 0.412 e. The predicted molar refractivity (Wildman–Crippen MR) is 106 cm³/mol. The fourth-order valence-corrected chi connectivity index (χ4v) is 3.73. The van der Waals surface area contributed by atoms with Gasteiger partial charge >= 0.3 is 6.18 Å². The summed E-state index contributed by atoms with van der Waals surface area (Å²) < 4.78 is 71.4. The third-order valence-electron chi connectivity index (χ3n) is 4.26. The summed E-state index contributed by atoms with van der Waals surface area (Å²) in [5, 5.41) is 0.174. The molecule has 2 aromatic rings. The standard InChI is InChI=1S/C20H28F4N2OS/c1-12-8-16-13(9-15(12)21)14(10-26(16)11-18(2,3)4)17(20(22,23)24)25-28(27)19(5,6)7/h8-10,17,25H,11H2,1-7H3/t17-,28?/m0/s1. The van der Waals surface area contributed by atoms with Gasteiger partial charge < -0.3 is 9.12 Å². The lowest BCUT2D eigenvalue weighted by molar-refractivity contribution is -0.152. The molecule has 1 unspecified atom stereocenters. The van der Waals surface area contributed by atoms with Crippen LogP contribution in [0.4, 0.5) is 17.6 Å². The van der Waals surface area contributed by atoms with Gasteiger partial charge in [0.05, 0.1) is 0 Å². The number of hydrogen-bond acceptors (Lipinski definition) is 2. The van der Waals surface area contributed by atoms with Crippen LogP contribution in [0.15, 0.2) is 18.3 Å². The molecule has 8 heteroatoms. The van der Waals surface area contributed by atoms with Gasteiger partial charge in [-0.1, -0.05) is 20.8 Å². The van der Waals surface area contributed by atoms with Crippen molar-refractivity contribution in [3.05, 3.63) is 35.3 Å². The monoisotopic (exact) mass is 420 g/mol. The number of aromatic nitrogens is 1. The van der Waals surface area contributed by atoms with E-state index < -0.39 is 34.1 Å². The van der Waals surface area contributed by atoms with E-state index in [-0.39, 0.29) is 16.4 Å². The first-order chi connectivity index (χ1) is 12.5. The molecule has 1 aromatic carbocycles. The van der Waals surface area contributed by atoms with Gasteiger partial charge in [-0.25, -0.2) is 4.39 Å². The molecule has 0 fully saturated rings. The number of hydrogen-bond donors (Lipinski definition) is 1. The Hall–Kier alpha value is -1.25. The minimum Gasteiger partial charge on any atom is -0.598 e. The van der Waals surface area contributed by atoms with E-state index in [1.165, 1.54) is 6.20 Å². The average Bonchev–Trinajstić information content (AvgIpc) is 2.78. The molecule has 2 rings (SSSR count). The first-order valence-electron chi connectivity index (χ1n) is 9.04. The van der Waals surface area contributed by atoms with E-state index in [2.05, 4.69) is 4.72 Å². The minimum atomic E-state index is -4.69. The number of nitrogens with one attached hydrogen (secondary N) is 1. The first kappa shape index (κ1) is 23.0. The summed E-state index contributed by atoms with van der Waals surface area (Å²) in [6.07, 6.45) is -3.29. The molecule has 0 spiro atoms. The highest BCUT2D eigenvalue weighted by Gasteiger charge is 2.47. The molecule has 1 N–H and O–H groups in total. The van der Waals surface area contributed by atoms with Gasteiger partial charge in [0.15, 0.2) is 6.04 Å². The van der Waals surface area contributed by atoms with Crippen LogP contribution in [-0.2, 0) is 17.9 Å². The van der Waals surface area contributed by atoms with Gasteiger partial charge in [-0.15, -0.1) is 4.72 Å². The molecule has 0 bridgehead atoms. The molecule has 28 heavy (non-hydrogen) atoms. The highest BCUT2D eigenvalue weighted by atomic mass is 32.2. The van der Waals surface area contributed by atoms with Crippen molar-refractivity contribution in [3.8, 4) is 0 Å². The second kappa shape index (κ2) is 7.54. The summed E-state index contributed by atoms with van der Waals surface area (Å²) in [5.41, 5.74) is 0.577. The number of rotatable bonds is 4. The van der Waals surface area contributed by atoms with Gasteiger partial charge in [0, 0.05) is 40.6 Å². The van der Waals surface area contributed by atoms with Crippen molar-refractivity contribution in [2.45, 2.75) is 72.0 Å². The summed E-state index contributed by atoms with van der Waals surface area (Å²) in [4.78, 5) is 0. The third-order valence-corrected chi connectivity index (χ3v) is 5.82. The number of halogens is 4. The van der Waals surface area contributed by atoms with Gasteiger partial charge in [-0.05, 0) is 50.8 Å². The van der Waals surface area contributed by atoms with E-state index in [1.54, 1.807) is 38.3 Å². The number of nitrogens with zero attached hydrogens (tertiary/aromatic N) is 1. The summed E-state index contributed by atoms with van der Waals surface area (Å²) in [5.74, 6) is -0.569. The lowest BCUT2D eigenvalue weighted by Gasteiger charge is -2.29. The normalized spacial score (nSPS) is 15.9. The number of benzene rings is 1. The van der Waals surface area contributed by atoms with Crippen molar-refractivity contribution in [1.82, 2.24) is 9.29 Å². The topological polar surface area (TPSA) is 40.0 Å². The molecule has 0 aliphatic carbocycles. The Morgan fingerprint density at radius 1 is 1.11 bits per heavy atom. The largest absolute Gasteiger partial charge is 0.598 e. The van der Waals surface area contributed by atoms with Crippen LogP contribution in [0, 0.1) is 18.2 Å². The SMILES string of the molecule is Cc1cc2c(cc1F)c([C@H](N[S+]([O-])C(C)(C)C)C(F)(F)F)cn2CC(C)(C)C. The van der Waals surface area contributed by atoms with E-state index in [1.807, 2.05) is 20.8 Å². The van der Waals surface area contributed by atoms with Gasteiger partial charge in [-0.2, -0.15) is 13.2 Å².